The van der Waals surface area contributed by atoms with E-state index in [4.69, 9.17) is 0 Å². The number of piperidine rings is 2. The predicted octanol–water partition coefficient (Wildman–Crippen LogP) is 1.29. The van der Waals surface area contributed by atoms with Crippen LogP contribution in [-0.2, 0) is 4.79 Å². The highest BCUT2D eigenvalue weighted by molar-refractivity contribution is 5.82. The molecule has 0 aliphatic carbocycles. The summed E-state index contributed by atoms with van der Waals surface area (Å²) in [4.78, 5) is 13.9. The van der Waals surface area contributed by atoms with Gasteiger partial charge in [0.1, 0.15) is 0 Å². The number of alkyl halides is 3. The second-order valence-electron chi connectivity index (χ2n) is 6.10. The third kappa shape index (κ3) is 3.63. The minimum atomic E-state index is -4.19. The summed E-state index contributed by atoms with van der Waals surface area (Å²) in [5, 5.41) is 12.5. The monoisotopic (exact) mass is 294 g/mol. The topological polar surface area (TPSA) is 52.6 Å². The molecule has 0 aromatic heterocycles. The first-order chi connectivity index (χ1) is 9.19. The van der Waals surface area contributed by atoms with Crippen LogP contribution in [0.25, 0.3) is 0 Å². The average Bonchev–Trinajstić information content (AvgIpc) is 2.37. The molecule has 20 heavy (non-hydrogen) atoms. The molecular weight excluding hydrogens is 273 g/mol. The third-order valence-electron chi connectivity index (χ3n) is 4.33. The first-order valence-electron chi connectivity index (χ1n) is 7.00. The normalized spacial score (nSPS) is 31.1. The number of rotatable bonds is 1. The molecule has 0 radical (unpaired) electrons. The van der Waals surface area contributed by atoms with E-state index in [1.807, 2.05) is 0 Å². The molecule has 0 bridgehead atoms. The van der Waals surface area contributed by atoms with Crippen LogP contribution in [0.1, 0.15) is 32.6 Å². The standard InChI is InChI=1S/C13H21F3N2O2/c1-12(20)4-6-18(7-5-12)11(19)10-3-2-9(8-17-10)13(14,15)16/h9-10,17,20H,2-8H2,1H3. The predicted molar refractivity (Wildman–Crippen MR) is 67.0 cm³/mol. The second-order valence-corrected chi connectivity index (χ2v) is 6.10. The number of nitrogens with zero attached hydrogens (tertiary/aromatic N) is 1. The summed E-state index contributed by atoms with van der Waals surface area (Å²) in [6.07, 6.45) is -2.95. The highest BCUT2D eigenvalue weighted by atomic mass is 19.4. The van der Waals surface area contributed by atoms with E-state index >= 15 is 0 Å². The zero-order valence-corrected chi connectivity index (χ0v) is 11.5. The number of aliphatic hydroxyl groups is 1. The lowest BCUT2D eigenvalue weighted by molar-refractivity contribution is -0.181. The quantitative estimate of drug-likeness (QED) is 0.766. The Kier molecular flexibility index (Phi) is 4.30. The largest absolute Gasteiger partial charge is 0.393 e. The molecule has 0 aromatic rings. The number of carbonyl (C=O) groups excluding carboxylic acids is 1. The summed E-state index contributed by atoms with van der Waals surface area (Å²) < 4.78 is 37.6. The molecular formula is C13H21F3N2O2. The molecule has 0 aromatic carbocycles. The lowest BCUT2D eigenvalue weighted by atomic mass is 9.91. The summed E-state index contributed by atoms with van der Waals surface area (Å²) >= 11 is 0. The van der Waals surface area contributed by atoms with Gasteiger partial charge in [-0.25, -0.2) is 0 Å². The Morgan fingerprint density at radius 2 is 1.90 bits per heavy atom. The minimum Gasteiger partial charge on any atom is -0.390 e. The van der Waals surface area contributed by atoms with Gasteiger partial charge in [0.25, 0.3) is 0 Å². The fourth-order valence-corrected chi connectivity index (χ4v) is 2.78. The van der Waals surface area contributed by atoms with Gasteiger partial charge in [-0.2, -0.15) is 13.2 Å². The van der Waals surface area contributed by atoms with Crippen molar-refractivity contribution in [3.63, 3.8) is 0 Å². The SMILES string of the molecule is CC1(O)CCN(C(=O)C2CCC(C(F)(F)F)CN2)CC1. The second kappa shape index (κ2) is 5.52. The Morgan fingerprint density at radius 3 is 2.35 bits per heavy atom. The molecule has 116 valence electrons. The van der Waals surface area contributed by atoms with Crippen LogP contribution in [0, 0.1) is 5.92 Å². The van der Waals surface area contributed by atoms with Gasteiger partial charge < -0.3 is 15.3 Å². The van der Waals surface area contributed by atoms with E-state index in [0.29, 0.717) is 25.9 Å². The third-order valence-corrected chi connectivity index (χ3v) is 4.33. The average molecular weight is 294 g/mol. The molecule has 2 fully saturated rings. The minimum absolute atomic E-state index is 0.00153. The summed E-state index contributed by atoms with van der Waals surface area (Å²) in [7, 11) is 0. The maximum atomic E-state index is 12.5. The van der Waals surface area contributed by atoms with Gasteiger partial charge in [-0.3, -0.25) is 4.79 Å². The van der Waals surface area contributed by atoms with Gasteiger partial charge in [0.15, 0.2) is 0 Å². The molecule has 1 amide bonds. The van der Waals surface area contributed by atoms with Crippen LogP contribution in [0.3, 0.4) is 0 Å². The van der Waals surface area contributed by atoms with Crippen LogP contribution < -0.4 is 5.32 Å². The molecule has 2 N–H and O–H groups in total. The molecule has 0 spiro atoms. The molecule has 2 aliphatic heterocycles. The van der Waals surface area contributed by atoms with E-state index in [2.05, 4.69) is 5.32 Å². The number of likely N-dealkylation sites (tertiary alicyclic amines) is 1. The van der Waals surface area contributed by atoms with Gasteiger partial charge in [-0.05, 0) is 32.6 Å². The molecule has 4 nitrogen and oxygen atoms in total. The van der Waals surface area contributed by atoms with Crippen molar-refractivity contribution in [1.82, 2.24) is 10.2 Å². The molecule has 2 aliphatic rings. The Hall–Kier alpha value is -0.820. The number of halogens is 3. The van der Waals surface area contributed by atoms with E-state index in [9.17, 15) is 23.1 Å². The van der Waals surface area contributed by atoms with E-state index < -0.39 is 23.7 Å². The van der Waals surface area contributed by atoms with Crippen molar-refractivity contribution in [3.8, 4) is 0 Å². The van der Waals surface area contributed by atoms with Crippen molar-refractivity contribution in [2.24, 2.45) is 5.92 Å². The molecule has 7 heteroatoms. The van der Waals surface area contributed by atoms with E-state index in [1.54, 1.807) is 11.8 Å². The van der Waals surface area contributed by atoms with Crippen LogP contribution in [0.4, 0.5) is 13.2 Å². The van der Waals surface area contributed by atoms with Crippen molar-refractivity contribution in [2.75, 3.05) is 19.6 Å². The zero-order valence-electron chi connectivity index (χ0n) is 11.5. The highest BCUT2D eigenvalue weighted by Gasteiger charge is 2.43. The van der Waals surface area contributed by atoms with Crippen LogP contribution in [0.15, 0.2) is 0 Å². The van der Waals surface area contributed by atoms with Crippen LogP contribution in [0.5, 0.6) is 0 Å². The molecule has 2 rings (SSSR count). The Morgan fingerprint density at radius 1 is 1.30 bits per heavy atom. The molecule has 2 saturated heterocycles. The smallest absolute Gasteiger partial charge is 0.390 e. The number of nitrogens with one attached hydrogen (secondary N) is 1. The van der Waals surface area contributed by atoms with E-state index in [-0.39, 0.29) is 25.3 Å². The van der Waals surface area contributed by atoms with Gasteiger partial charge in [-0.15, -0.1) is 0 Å². The number of carbonyl (C=O) groups is 1. The number of hydrogen-bond donors (Lipinski definition) is 2. The summed E-state index contributed by atoms with van der Waals surface area (Å²) in [5.74, 6) is -1.49. The number of amides is 1. The lowest BCUT2D eigenvalue weighted by Crippen LogP contribution is -2.55. The summed E-state index contributed by atoms with van der Waals surface area (Å²) in [6, 6.07) is -0.517. The van der Waals surface area contributed by atoms with Crippen molar-refractivity contribution in [3.05, 3.63) is 0 Å². The fraction of sp³-hybridized carbons (Fsp3) is 0.923. The Labute approximate surface area is 116 Å². The highest BCUT2D eigenvalue weighted by Crippen LogP contribution is 2.32. The molecule has 2 heterocycles. The molecule has 2 unspecified atom stereocenters. The van der Waals surface area contributed by atoms with Crippen molar-refractivity contribution in [2.45, 2.75) is 50.4 Å². The Bertz CT molecular complexity index is 353. The van der Waals surface area contributed by atoms with Crippen molar-refractivity contribution >= 4 is 5.91 Å². The van der Waals surface area contributed by atoms with Gasteiger partial charge in [0.05, 0.1) is 17.6 Å². The maximum Gasteiger partial charge on any atom is 0.393 e. The first-order valence-corrected chi connectivity index (χ1v) is 7.00. The van der Waals surface area contributed by atoms with Gasteiger partial charge in [0, 0.05) is 19.6 Å². The fourth-order valence-electron chi connectivity index (χ4n) is 2.78. The zero-order chi connectivity index (χ0) is 15.0. The van der Waals surface area contributed by atoms with Crippen molar-refractivity contribution in [1.29, 1.82) is 0 Å². The van der Waals surface area contributed by atoms with Crippen LogP contribution in [0.2, 0.25) is 0 Å². The first kappa shape index (κ1) is 15.6. The Balaban J connectivity index is 1.84. The summed E-state index contributed by atoms with van der Waals surface area (Å²) in [5.41, 5.74) is -0.738. The summed E-state index contributed by atoms with van der Waals surface area (Å²) in [6.45, 7) is 2.48. The van der Waals surface area contributed by atoms with E-state index in [1.165, 1.54) is 0 Å². The van der Waals surface area contributed by atoms with Crippen LogP contribution >= 0.6 is 0 Å². The van der Waals surface area contributed by atoms with Gasteiger partial charge >= 0.3 is 6.18 Å². The van der Waals surface area contributed by atoms with Gasteiger partial charge in [-0.1, -0.05) is 0 Å². The van der Waals surface area contributed by atoms with Crippen LogP contribution in [-0.4, -0.2) is 53.4 Å². The maximum absolute atomic E-state index is 12.5. The molecule has 0 saturated carbocycles. The van der Waals surface area contributed by atoms with E-state index in [0.717, 1.165) is 0 Å². The lowest BCUT2D eigenvalue weighted by Gasteiger charge is -2.39. The van der Waals surface area contributed by atoms with Gasteiger partial charge in [0.2, 0.25) is 5.91 Å². The van der Waals surface area contributed by atoms with Crippen molar-refractivity contribution < 1.29 is 23.1 Å². The number of hydrogen-bond acceptors (Lipinski definition) is 3. The molecule has 2 atom stereocenters.